The predicted octanol–water partition coefficient (Wildman–Crippen LogP) is 2.67. The number of benzene rings is 3. The molecule has 11 nitrogen and oxygen atoms in total. The number of ether oxygens (including phenoxy) is 3. The number of carbonyl (C=O) groups is 4. The SMILES string of the molecule is COc1c(C(=O)C(=O)c2ccc(O)cc2O)cc(C(=O)C(=O)c2ccc(O)cc2O)c(OC)c1OC. The molecule has 0 saturated carbocycles. The summed E-state index contributed by atoms with van der Waals surface area (Å²) >= 11 is 0. The molecule has 186 valence electrons. The van der Waals surface area contributed by atoms with Gasteiger partial charge in [0, 0.05) is 12.1 Å². The Morgan fingerprint density at radius 1 is 0.500 bits per heavy atom. The summed E-state index contributed by atoms with van der Waals surface area (Å²) in [5.41, 5.74) is -1.85. The molecule has 4 N–H and O–H groups in total. The number of ketones is 4. The number of carbonyl (C=O) groups excluding carboxylic acids is 4. The Morgan fingerprint density at radius 3 is 1.14 bits per heavy atom. The molecule has 0 fully saturated rings. The van der Waals surface area contributed by atoms with Crippen LogP contribution in [-0.2, 0) is 0 Å². The van der Waals surface area contributed by atoms with Gasteiger partial charge in [-0.1, -0.05) is 0 Å². The smallest absolute Gasteiger partial charge is 0.237 e. The molecular formula is C25H20O11. The van der Waals surface area contributed by atoms with E-state index in [-0.39, 0.29) is 28.7 Å². The fourth-order valence-corrected chi connectivity index (χ4v) is 3.46. The number of phenols is 4. The number of aromatic hydroxyl groups is 4. The van der Waals surface area contributed by atoms with Gasteiger partial charge in [0.05, 0.1) is 43.6 Å². The van der Waals surface area contributed by atoms with E-state index in [1.807, 2.05) is 0 Å². The Kier molecular flexibility index (Phi) is 7.14. The molecule has 0 amide bonds. The molecule has 0 bridgehead atoms. The van der Waals surface area contributed by atoms with Crippen LogP contribution < -0.4 is 14.2 Å². The van der Waals surface area contributed by atoms with Crippen molar-refractivity contribution >= 4 is 23.1 Å². The standard InChI is InChI=1S/C25H20O11/c1-34-23-15(21(32)19(30)13-6-4-11(26)8-17(13)28)10-16(24(35-2)25(23)36-3)22(33)20(31)14-7-5-12(27)9-18(14)29/h4-10,26-29H,1-3H3. The lowest BCUT2D eigenvalue weighted by Crippen LogP contribution is -2.20. The summed E-state index contributed by atoms with van der Waals surface area (Å²) in [6.45, 7) is 0. The van der Waals surface area contributed by atoms with Crippen molar-refractivity contribution in [3.8, 4) is 40.2 Å². The van der Waals surface area contributed by atoms with Crippen molar-refractivity contribution in [1.82, 2.24) is 0 Å². The van der Waals surface area contributed by atoms with Gasteiger partial charge in [0.15, 0.2) is 11.5 Å². The fourth-order valence-electron chi connectivity index (χ4n) is 3.46. The minimum atomic E-state index is -1.23. The van der Waals surface area contributed by atoms with Crippen molar-refractivity contribution in [3.63, 3.8) is 0 Å². The van der Waals surface area contributed by atoms with Crippen LogP contribution in [0.2, 0.25) is 0 Å². The lowest BCUT2D eigenvalue weighted by Gasteiger charge is -2.18. The normalized spacial score (nSPS) is 10.4. The molecule has 0 heterocycles. The first kappa shape index (κ1) is 25.6. The van der Waals surface area contributed by atoms with Gasteiger partial charge in [-0.15, -0.1) is 0 Å². The van der Waals surface area contributed by atoms with Gasteiger partial charge in [-0.2, -0.15) is 0 Å². The predicted molar refractivity (Wildman–Crippen MR) is 123 cm³/mol. The van der Waals surface area contributed by atoms with E-state index in [2.05, 4.69) is 0 Å². The molecule has 3 rings (SSSR count). The zero-order valence-electron chi connectivity index (χ0n) is 19.2. The minimum Gasteiger partial charge on any atom is -0.508 e. The largest absolute Gasteiger partial charge is 0.508 e. The summed E-state index contributed by atoms with van der Waals surface area (Å²) in [5.74, 6) is -7.76. The zero-order valence-corrected chi connectivity index (χ0v) is 19.2. The summed E-state index contributed by atoms with van der Waals surface area (Å²) < 4.78 is 15.7. The zero-order chi connectivity index (χ0) is 26.7. The van der Waals surface area contributed by atoms with Gasteiger partial charge in [-0.25, -0.2) is 0 Å². The summed E-state index contributed by atoms with van der Waals surface area (Å²) in [6.07, 6.45) is 0. The van der Waals surface area contributed by atoms with E-state index in [0.717, 1.165) is 56.7 Å². The molecule has 0 aliphatic rings. The first-order chi connectivity index (χ1) is 17.0. The summed E-state index contributed by atoms with van der Waals surface area (Å²) in [6, 6.07) is 6.86. The first-order valence-corrected chi connectivity index (χ1v) is 10.1. The van der Waals surface area contributed by atoms with Crippen molar-refractivity contribution in [2.75, 3.05) is 21.3 Å². The summed E-state index contributed by atoms with van der Waals surface area (Å²) in [4.78, 5) is 52.1. The molecule has 36 heavy (non-hydrogen) atoms. The van der Waals surface area contributed by atoms with Gasteiger partial charge >= 0.3 is 0 Å². The molecule has 0 saturated heterocycles. The van der Waals surface area contributed by atoms with Gasteiger partial charge in [0.1, 0.15) is 23.0 Å². The van der Waals surface area contributed by atoms with Crippen LogP contribution in [-0.4, -0.2) is 64.9 Å². The van der Waals surface area contributed by atoms with Gasteiger partial charge < -0.3 is 34.6 Å². The molecule has 3 aromatic rings. The Labute approximate surface area is 203 Å². The Morgan fingerprint density at radius 2 is 0.833 bits per heavy atom. The Balaban J connectivity index is 2.20. The molecule has 0 unspecified atom stereocenters. The molecule has 0 spiro atoms. The quantitative estimate of drug-likeness (QED) is 0.253. The van der Waals surface area contributed by atoms with Crippen LogP contribution in [0.5, 0.6) is 40.2 Å². The van der Waals surface area contributed by atoms with Gasteiger partial charge in [-0.3, -0.25) is 19.2 Å². The molecule has 0 aliphatic heterocycles. The molecule has 0 atom stereocenters. The molecule has 0 radical (unpaired) electrons. The topological polar surface area (TPSA) is 177 Å². The molecule has 3 aromatic carbocycles. The number of phenolic OH excluding ortho intramolecular Hbond substituents is 4. The van der Waals surface area contributed by atoms with E-state index >= 15 is 0 Å². The van der Waals surface area contributed by atoms with Gasteiger partial charge in [-0.05, 0) is 30.3 Å². The van der Waals surface area contributed by atoms with Crippen molar-refractivity contribution in [2.45, 2.75) is 0 Å². The second-order valence-electron chi connectivity index (χ2n) is 7.29. The van der Waals surface area contributed by atoms with Crippen molar-refractivity contribution < 1.29 is 53.8 Å². The third-order valence-corrected chi connectivity index (χ3v) is 5.16. The number of rotatable bonds is 9. The molecular weight excluding hydrogens is 476 g/mol. The maximum Gasteiger partial charge on any atom is 0.237 e. The van der Waals surface area contributed by atoms with Crippen LogP contribution in [0, 0.1) is 0 Å². The average Bonchev–Trinajstić information content (AvgIpc) is 2.85. The van der Waals surface area contributed by atoms with E-state index in [9.17, 15) is 39.6 Å². The molecule has 11 heteroatoms. The van der Waals surface area contributed by atoms with Crippen LogP contribution in [0.25, 0.3) is 0 Å². The van der Waals surface area contributed by atoms with Crippen LogP contribution in [0.1, 0.15) is 41.4 Å². The third-order valence-electron chi connectivity index (χ3n) is 5.16. The number of Topliss-reactive ketones (excluding diaryl/α,β-unsaturated/α-hetero) is 4. The lowest BCUT2D eigenvalue weighted by atomic mass is 9.93. The van der Waals surface area contributed by atoms with Gasteiger partial charge in [0.25, 0.3) is 0 Å². The number of methoxy groups -OCH3 is 3. The maximum absolute atomic E-state index is 13.2. The second-order valence-corrected chi connectivity index (χ2v) is 7.29. The van der Waals surface area contributed by atoms with Crippen molar-refractivity contribution in [2.24, 2.45) is 0 Å². The van der Waals surface area contributed by atoms with Crippen molar-refractivity contribution in [3.05, 3.63) is 64.7 Å². The van der Waals surface area contributed by atoms with Crippen LogP contribution in [0.15, 0.2) is 42.5 Å². The molecule has 0 aliphatic carbocycles. The Hall–Kier alpha value is -5.06. The van der Waals surface area contributed by atoms with E-state index in [1.54, 1.807) is 0 Å². The average molecular weight is 496 g/mol. The minimum absolute atomic E-state index is 0.278. The monoisotopic (exact) mass is 496 g/mol. The highest BCUT2D eigenvalue weighted by Gasteiger charge is 2.34. The highest BCUT2D eigenvalue weighted by Crippen LogP contribution is 2.44. The van der Waals surface area contributed by atoms with E-state index in [4.69, 9.17) is 14.2 Å². The van der Waals surface area contributed by atoms with Crippen LogP contribution in [0.3, 0.4) is 0 Å². The molecule has 0 aromatic heterocycles. The van der Waals surface area contributed by atoms with E-state index < -0.39 is 56.9 Å². The van der Waals surface area contributed by atoms with Crippen LogP contribution in [0.4, 0.5) is 0 Å². The Bertz CT molecular complexity index is 1300. The van der Waals surface area contributed by atoms with E-state index in [0.29, 0.717) is 0 Å². The fraction of sp³-hybridized carbons (Fsp3) is 0.120. The third kappa shape index (κ3) is 4.49. The second kappa shape index (κ2) is 10.1. The van der Waals surface area contributed by atoms with Crippen molar-refractivity contribution in [1.29, 1.82) is 0 Å². The highest BCUT2D eigenvalue weighted by atomic mass is 16.5. The lowest BCUT2D eigenvalue weighted by molar-refractivity contribution is 0.0807. The van der Waals surface area contributed by atoms with Crippen LogP contribution >= 0.6 is 0 Å². The van der Waals surface area contributed by atoms with E-state index in [1.165, 1.54) is 7.11 Å². The van der Waals surface area contributed by atoms with Gasteiger partial charge in [0.2, 0.25) is 28.9 Å². The highest BCUT2D eigenvalue weighted by molar-refractivity contribution is 6.52. The first-order valence-electron chi connectivity index (χ1n) is 10.1. The number of hydrogen-bond acceptors (Lipinski definition) is 11. The maximum atomic E-state index is 13.2. The summed E-state index contributed by atoms with van der Waals surface area (Å²) in [5, 5.41) is 38.9. The number of hydrogen-bond donors (Lipinski definition) is 4. The summed E-state index contributed by atoms with van der Waals surface area (Å²) in [7, 11) is 3.50.